The van der Waals surface area contributed by atoms with Crippen molar-refractivity contribution in [2.45, 2.75) is 32.9 Å². The lowest BCUT2D eigenvalue weighted by atomic mass is 10.1. The molecule has 0 spiro atoms. The fourth-order valence-corrected chi connectivity index (χ4v) is 2.93. The van der Waals surface area contributed by atoms with Crippen LogP contribution in [0.4, 0.5) is 5.95 Å². The first kappa shape index (κ1) is 22.0. The van der Waals surface area contributed by atoms with E-state index in [1.54, 1.807) is 31.6 Å². The highest BCUT2D eigenvalue weighted by Gasteiger charge is 2.09. The summed E-state index contributed by atoms with van der Waals surface area (Å²) in [5.74, 6) is 0.888. The van der Waals surface area contributed by atoms with E-state index in [4.69, 9.17) is 4.74 Å². The molecule has 2 N–H and O–H groups in total. The number of carbonyl (C=O) groups excluding carboxylic acids is 1. The van der Waals surface area contributed by atoms with Gasteiger partial charge >= 0.3 is 0 Å². The van der Waals surface area contributed by atoms with E-state index in [1.165, 1.54) is 5.56 Å². The zero-order valence-electron chi connectivity index (χ0n) is 18.2. The molecule has 160 valence electrons. The van der Waals surface area contributed by atoms with Crippen molar-refractivity contribution in [2.75, 3.05) is 12.4 Å². The molecule has 7 heteroatoms. The SMILES string of the molecule is CNC(=O)c1cc(OC(C)/C=C\c2nc(N[C@@H](C)c3ccccc3)ncc2C)ccn1. The second-order valence-corrected chi connectivity index (χ2v) is 7.18. The summed E-state index contributed by atoms with van der Waals surface area (Å²) in [5, 5.41) is 5.90. The fourth-order valence-electron chi connectivity index (χ4n) is 2.93. The number of hydrogen-bond donors (Lipinski definition) is 2. The summed E-state index contributed by atoms with van der Waals surface area (Å²) < 4.78 is 5.90. The van der Waals surface area contributed by atoms with Gasteiger partial charge in [0.2, 0.25) is 5.95 Å². The van der Waals surface area contributed by atoms with Crippen molar-refractivity contribution in [1.82, 2.24) is 20.3 Å². The van der Waals surface area contributed by atoms with Crippen molar-refractivity contribution in [2.24, 2.45) is 0 Å². The van der Waals surface area contributed by atoms with Gasteiger partial charge in [-0.05, 0) is 50.1 Å². The first-order valence-corrected chi connectivity index (χ1v) is 10.1. The Morgan fingerprint density at radius 3 is 2.65 bits per heavy atom. The molecule has 0 aliphatic heterocycles. The van der Waals surface area contributed by atoms with Crippen LogP contribution in [-0.4, -0.2) is 34.0 Å². The maximum atomic E-state index is 11.7. The third-order valence-corrected chi connectivity index (χ3v) is 4.69. The lowest BCUT2D eigenvalue weighted by Crippen LogP contribution is -2.19. The summed E-state index contributed by atoms with van der Waals surface area (Å²) in [7, 11) is 1.57. The number of amides is 1. The summed E-state index contributed by atoms with van der Waals surface area (Å²) in [5.41, 5.74) is 3.26. The highest BCUT2D eigenvalue weighted by atomic mass is 16.5. The molecule has 0 fully saturated rings. The number of nitrogens with one attached hydrogen (secondary N) is 2. The van der Waals surface area contributed by atoms with Gasteiger partial charge in [0.25, 0.3) is 5.91 Å². The summed E-state index contributed by atoms with van der Waals surface area (Å²) in [6, 6.07) is 13.6. The van der Waals surface area contributed by atoms with Crippen molar-refractivity contribution >= 4 is 17.9 Å². The number of carbonyl (C=O) groups is 1. The van der Waals surface area contributed by atoms with Gasteiger partial charge in [0.15, 0.2) is 0 Å². The highest BCUT2D eigenvalue weighted by Crippen LogP contribution is 2.18. The van der Waals surface area contributed by atoms with E-state index >= 15 is 0 Å². The Bertz CT molecular complexity index is 1050. The van der Waals surface area contributed by atoms with Crippen LogP contribution in [0.2, 0.25) is 0 Å². The molecule has 0 saturated carbocycles. The average molecular weight is 418 g/mol. The second kappa shape index (κ2) is 10.3. The normalized spacial score (nSPS) is 12.9. The van der Waals surface area contributed by atoms with Gasteiger partial charge in [-0.25, -0.2) is 9.97 Å². The molecule has 0 aliphatic carbocycles. The molecule has 3 aromatic rings. The third-order valence-electron chi connectivity index (χ3n) is 4.69. The van der Waals surface area contributed by atoms with Gasteiger partial charge in [-0.15, -0.1) is 0 Å². The van der Waals surface area contributed by atoms with E-state index in [-0.39, 0.29) is 18.1 Å². The van der Waals surface area contributed by atoms with Gasteiger partial charge in [-0.1, -0.05) is 30.3 Å². The van der Waals surface area contributed by atoms with E-state index in [0.717, 1.165) is 11.3 Å². The lowest BCUT2D eigenvalue weighted by molar-refractivity contribution is 0.0957. The van der Waals surface area contributed by atoms with Crippen LogP contribution in [0.3, 0.4) is 0 Å². The fraction of sp³-hybridized carbons (Fsp3) is 0.250. The molecule has 1 aromatic carbocycles. The number of hydrogen-bond acceptors (Lipinski definition) is 6. The van der Waals surface area contributed by atoms with Crippen LogP contribution < -0.4 is 15.4 Å². The van der Waals surface area contributed by atoms with Gasteiger partial charge in [-0.2, -0.15) is 0 Å². The zero-order valence-corrected chi connectivity index (χ0v) is 18.2. The van der Waals surface area contributed by atoms with E-state index in [1.807, 2.05) is 44.2 Å². The standard InChI is InChI=1S/C24H27N5O2/c1-16-15-27-24(28-18(3)19-8-6-5-7-9-19)29-21(16)11-10-17(2)31-20-12-13-26-22(14-20)23(30)25-4/h5-15,17-18H,1-4H3,(H,25,30)(H,27,28,29)/b11-10-/t17?,18-/m0/s1. The largest absolute Gasteiger partial charge is 0.487 e. The van der Waals surface area contributed by atoms with Crippen LogP contribution in [0.1, 0.15) is 47.2 Å². The van der Waals surface area contributed by atoms with Crippen molar-refractivity contribution < 1.29 is 9.53 Å². The number of pyridine rings is 1. The molecule has 2 aromatic heterocycles. The first-order chi connectivity index (χ1) is 15.0. The second-order valence-electron chi connectivity index (χ2n) is 7.18. The van der Waals surface area contributed by atoms with Crippen LogP contribution in [-0.2, 0) is 0 Å². The minimum absolute atomic E-state index is 0.0872. The number of nitrogens with zero attached hydrogens (tertiary/aromatic N) is 3. The Kier molecular flexibility index (Phi) is 7.32. The molecule has 0 bridgehead atoms. The molecule has 0 aliphatic rings. The molecular weight excluding hydrogens is 390 g/mol. The average Bonchev–Trinajstić information content (AvgIpc) is 2.79. The van der Waals surface area contributed by atoms with Crippen LogP contribution in [0.5, 0.6) is 5.75 Å². The van der Waals surface area contributed by atoms with E-state index in [2.05, 4.69) is 44.6 Å². The smallest absolute Gasteiger partial charge is 0.269 e. The summed E-state index contributed by atoms with van der Waals surface area (Å²) in [6.45, 7) is 5.96. The predicted molar refractivity (Wildman–Crippen MR) is 122 cm³/mol. The van der Waals surface area contributed by atoms with Crippen molar-refractivity contribution in [1.29, 1.82) is 0 Å². The Morgan fingerprint density at radius 1 is 1.13 bits per heavy atom. The predicted octanol–water partition coefficient (Wildman–Crippen LogP) is 4.19. The molecular formula is C24H27N5O2. The van der Waals surface area contributed by atoms with Crippen LogP contribution >= 0.6 is 0 Å². The topological polar surface area (TPSA) is 89.0 Å². The third kappa shape index (κ3) is 6.12. The maximum Gasteiger partial charge on any atom is 0.269 e. The highest BCUT2D eigenvalue weighted by molar-refractivity contribution is 5.92. The molecule has 31 heavy (non-hydrogen) atoms. The van der Waals surface area contributed by atoms with Gasteiger partial charge in [0.1, 0.15) is 17.5 Å². The molecule has 2 heterocycles. The minimum Gasteiger partial charge on any atom is -0.487 e. The monoisotopic (exact) mass is 417 g/mol. The Morgan fingerprint density at radius 2 is 1.90 bits per heavy atom. The number of anilines is 1. The summed E-state index contributed by atoms with van der Waals surface area (Å²) in [6.07, 6.45) is 6.96. The van der Waals surface area contributed by atoms with E-state index < -0.39 is 0 Å². The molecule has 1 unspecified atom stereocenters. The quantitative estimate of drug-likeness (QED) is 0.571. The Balaban J connectivity index is 1.67. The molecule has 0 saturated heterocycles. The lowest BCUT2D eigenvalue weighted by Gasteiger charge is -2.15. The molecule has 0 radical (unpaired) electrons. The zero-order chi connectivity index (χ0) is 22.2. The Labute approximate surface area is 182 Å². The van der Waals surface area contributed by atoms with Gasteiger partial charge in [-0.3, -0.25) is 9.78 Å². The first-order valence-electron chi connectivity index (χ1n) is 10.1. The van der Waals surface area contributed by atoms with Crippen LogP contribution in [0.15, 0.2) is 60.9 Å². The molecule has 3 rings (SSSR count). The number of aryl methyl sites for hydroxylation is 1. The number of aromatic nitrogens is 3. The van der Waals surface area contributed by atoms with Gasteiger partial charge < -0.3 is 15.4 Å². The van der Waals surface area contributed by atoms with Crippen molar-refractivity contribution in [3.05, 3.63) is 83.4 Å². The van der Waals surface area contributed by atoms with Crippen LogP contribution in [0, 0.1) is 6.92 Å². The van der Waals surface area contributed by atoms with Crippen molar-refractivity contribution in [3.63, 3.8) is 0 Å². The van der Waals surface area contributed by atoms with Gasteiger partial charge in [0.05, 0.1) is 11.7 Å². The Hall–Kier alpha value is -3.74. The number of benzene rings is 1. The number of ether oxygens (including phenoxy) is 1. The summed E-state index contributed by atoms with van der Waals surface area (Å²) >= 11 is 0. The van der Waals surface area contributed by atoms with Gasteiger partial charge in [0, 0.05) is 25.5 Å². The van der Waals surface area contributed by atoms with Crippen molar-refractivity contribution in [3.8, 4) is 5.75 Å². The van der Waals surface area contributed by atoms with Crippen LogP contribution in [0.25, 0.3) is 6.08 Å². The molecule has 7 nitrogen and oxygen atoms in total. The van der Waals surface area contributed by atoms with E-state index in [0.29, 0.717) is 17.4 Å². The van der Waals surface area contributed by atoms with E-state index in [9.17, 15) is 4.79 Å². The molecule has 2 atom stereocenters. The molecule has 1 amide bonds. The number of rotatable bonds is 8. The minimum atomic E-state index is -0.255. The maximum absolute atomic E-state index is 11.7. The summed E-state index contributed by atoms with van der Waals surface area (Å²) in [4.78, 5) is 24.8.